The van der Waals surface area contributed by atoms with Gasteiger partial charge in [0, 0.05) is 26.2 Å². The van der Waals surface area contributed by atoms with E-state index in [1.165, 1.54) is 0 Å². The molecule has 0 saturated carbocycles. The smallest absolute Gasteiger partial charge is 0.410 e. The lowest BCUT2D eigenvalue weighted by atomic mass is 9.88. The minimum absolute atomic E-state index is 0.161. The van der Waals surface area contributed by atoms with Crippen molar-refractivity contribution in [2.24, 2.45) is 5.73 Å². The number of carbonyl (C=O) groups is 1. The highest BCUT2D eigenvalue weighted by atomic mass is 16.6. The summed E-state index contributed by atoms with van der Waals surface area (Å²) in [5.41, 5.74) is 5.15. The second-order valence-corrected chi connectivity index (χ2v) is 5.98. The van der Waals surface area contributed by atoms with E-state index in [0.717, 1.165) is 26.1 Å². The molecule has 0 aromatic carbocycles. The van der Waals surface area contributed by atoms with E-state index < -0.39 is 5.60 Å². The lowest BCUT2D eigenvalue weighted by molar-refractivity contribution is -0.0756. The Morgan fingerprint density at radius 2 is 1.94 bits per heavy atom. The largest absolute Gasteiger partial charge is 0.444 e. The highest BCUT2D eigenvalue weighted by molar-refractivity contribution is 5.70. The number of carbonyl (C=O) groups excluding carboxylic acids is 1. The van der Waals surface area contributed by atoms with Crippen LogP contribution in [0.15, 0.2) is 0 Å². The zero-order chi connectivity index (χ0) is 12.6. The SMILES string of the molecule is CC(C)(C)OC(=O)N1C2CC1CN(CCN)C2. The molecule has 3 rings (SSSR count). The van der Waals surface area contributed by atoms with Crippen molar-refractivity contribution >= 4 is 6.09 Å². The van der Waals surface area contributed by atoms with Crippen molar-refractivity contribution in [3.05, 3.63) is 0 Å². The van der Waals surface area contributed by atoms with Gasteiger partial charge in [-0.05, 0) is 27.2 Å². The average molecular weight is 241 g/mol. The van der Waals surface area contributed by atoms with E-state index in [1.54, 1.807) is 0 Å². The van der Waals surface area contributed by atoms with Gasteiger partial charge >= 0.3 is 6.09 Å². The van der Waals surface area contributed by atoms with Crippen LogP contribution in [0.1, 0.15) is 27.2 Å². The quantitative estimate of drug-likeness (QED) is 0.770. The fourth-order valence-corrected chi connectivity index (χ4v) is 2.67. The van der Waals surface area contributed by atoms with Crippen LogP contribution in [0.2, 0.25) is 0 Å². The lowest BCUT2D eigenvalue weighted by Gasteiger charge is -2.55. The fourth-order valence-electron chi connectivity index (χ4n) is 2.67. The summed E-state index contributed by atoms with van der Waals surface area (Å²) in [6, 6.07) is 0.658. The summed E-state index contributed by atoms with van der Waals surface area (Å²) >= 11 is 0. The number of piperazine rings is 1. The Hall–Kier alpha value is -0.810. The third kappa shape index (κ3) is 2.72. The van der Waals surface area contributed by atoms with E-state index >= 15 is 0 Å². The van der Waals surface area contributed by atoms with E-state index in [9.17, 15) is 4.79 Å². The predicted molar refractivity (Wildman–Crippen MR) is 65.8 cm³/mol. The predicted octanol–water partition coefficient (Wildman–Crippen LogP) is 0.639. The Morgan fingerprint density at radius 1 is 1.35 bits per heavy atom. The molecule has 2 unspecified atom stereocenters. The van der Waals surface area contributed by atoms with Crippen LogP contribution in [0.25, 0.3) is 0 Å². The molecule has 0 spiro atoms. The summed E-state index contributed by atoms with van der Waals surface area (Å²) in [6.07, 6.45) is 0.950. The van der Waals surface area contributed by atoms with Gasteiger partial charge in [-0.2, -0.15) is 0 Å². The molecule has 2 bridgehead atoms. The summed E-state index contributed by atoms with van der Waals surface area (Å²) < 4.78 is 5.42. The Morgan fingerprint density at radius 3 is 2.41 bits per heavy atom. The van der Waals surface area contributed by atoms with Crippen molar-refractivity contribution in [1.29, 1.82) is 0 Å². The molecule has 2 N–H and O–H groups in total. The second kappa shape index (κ2) is 4.46. The molecule has 3 aliphatic heterocycles. The number of hydrogen-bond acceptors (Lipinski definition) is 4. The fraction of sp³-hybridized carbons (Fsp3) is 0.917. The van der Waals surface area contributed by atoms with Gasteiger partial charge in [-0.1, -0.05) is 0 Å². The van der Waals surface area contributed by atoms with Gasteiger partial charge < -0.3 is 10.5 Å². The summed E-state index contributed by atoms with van der Waals surface area (Å²) in [4.78, 5) is 16.2. The Bertz CT molecular complexity index is 289. The van der Waals surface area contributed by atoms with Crippen molar-refractivity contribution in [1.82, 2.24) is 9.80 Å². The molecule has 0 aromatic heterocycles. The van der Waals surface area contributed by atoms with Gasteiger partial charge in [0.1, 0.15) is 5.60 Å². The first-order valence-corrected chi connectivity index (χ1v) is 6.34. The van der Waals surface area contributed by atoms with Crippen LogP contribution < -0.4 is 5.73 Å². The number of fused-ring (bicyclic) bond motifs is 2. The molecular weight excluding hydrogens is 218 g/mol. The van der Waals surface area contributed by atoms with Crippen LogP contribution >= 0.6 is 0 Å². The molecule has 3 aliphatic rings. The van der Waals surface area contributed by atoms with Crippen LogP contribution in [0, 0.1) is 0 Å². The number of nitrogens with two attached hydrogens (primary N) is 1. The van der Waals surface area contributed by atoms with Gasteiger partial charge in [0.25, 0.3) is 0 Å². The van der Waals surface area contributed by atoms with Gasteiger partial charge in [0.15, 0.2) is 0 Å². The monoisotopic (exact) mass is 241 g/mol. The molecule has 17 heavy (non-hydrogen) atoms. The molecule has 0 aliphatic carbocycles. The van der Waals surface area contributed by atoms with Crippen molar-refractivity contribution < 1.29 is 9.53 Å². The minimum Gasteiger partial charge on any atom is -0.444 e. The third-order valence-corrected chi connectivity index (χ3v) is 3.32. The molecule has 0 aromatic rings. The highest BCUT2D eigenvalue weighted by Crippen LogP contribution is 2.33. The van der Waals surface area contributed by atoms with Crippen molar-refractivity contribution in [3.8, 4) is 0 Å². The number of hydrogen-bond donors (Lipinski definition) is 1. The molecule has 3 saturated heterocycles. The number of amides is 1. The molecule has 98 valence electrons. The van der Waals surface area contributed by atoms with E-state index in [2.05, 4.69) is 4.90 Å². The van der Waals surface area contributed by atoms with Crippen LogP contribution in [0.5, 0.6) is 0 Å². The van der Waals surface area contributed by atoms with E-state index in [1.807, 2.05) is 25.7 Å². The molecule has 0 radical (unpaired) electrons. The van der Waals surface area contributed by atoms with Crippen molar-refractivity contribution in [2.45, 2.75) is 44.9 Å². The zero-order valence-corrected chi connectivity index (χ0v) is 11.0. The summed E-state index contributed by atoms with van der Waals surface area (Å²) in [5.74, 6) is 0. The molecule has 3 fully saturated rings. The van der Waals surface area contributed by atoms with Gasteiger partial charge in [-0.3, -0.25) is 9.80 Å². The number of piperidine rings is 1. The van der Waals surface area contributed by atoms with Crippen LogP contribution in [0.4, 0.5) is 4.79 Å². The number of ether oxygens (including phenoxy) is 1. The Balaban J connectivity index is 1.88. The van der Waals surface area contributed by atoms with Crippen molar-refractivity contribution in [2.75, 3.05) is 26.2 Å². The molecule has 2 atom stereocenters. The van der Waals surface area contributed by atoms with Crippen molar-refractivity contribution in [3.63, 3.8) is 0 Å². The molecular formula is C12H23N3O2. The normalized spacial score (nSPS) is 28.8. The highest BCUT2D eigenvalue weighted by Gasteiger charge is 2.48. The first-order valence-electron chi connectivity index (χ1n) is 6.34. The van der Waals surface area contributed by atoms with Gasteiger partial charge in [0.2, 0.25) is 0 Å². The second-order valence-electron chi connectivity index (χ2n) is 5.98. The maximum absolute atomic E-state index is 12.0. The Kier molecular flexibility index (Phi) is 3.32. The van der Waals surface area contributed by atoms with E-state index in [0.29, 0.717) is 18.6 Å². The van der Waals surface area contributed by atoms with E-state index in [4.69, 9.17) is 10.5 Å². The van der Waals surface area contributed by atoms with Crippen LogP contribution in [-0.4, -0.2) is 59.8 Å². The maximum Gasteiger partial charge on any atom is 0.410 e. The van der Waals surface area contributed by atoms with E-state index in [-0.39, 0.29) is 6.09 Å². The zero-order valence-electron chi connectivity index (χ0n) is 11.0. The Labute approximate surface area is 103 Å². The number of nitrogens with zero attached hydrogens (tertiary/aromatic N) is 2. The topological polar surface area (TPSA) is 58.8 Å². The van der Waals surface area contributed by atoms with Crippen LogP contribution in [-0.2, 0) is 4.74 Å². The summed E-state index contributed by atoms with van der Waals surface area (Å²) in [6.45, 7) is 9.20. The molecule has 5 heteroatoms. The van der Waals surface area contributed by atoms with Crippen LogP contribution in [0.3, 0.4) is 0 Å². The van der Waals surface area contributed by atoms with Gasteiger partial charge in [-0.15, -0.1) is 0 Å². The van der Waals surface area contributed by atoms with Gasteiger partial charge in [0.05, 0.1) is 12.1 Å². The van der Waals surface area contributed by atoms with Gasteiger partial charge in [-0.25, -0.2) is 4.79 Å². The minimum atomic E-state index is -0.405. The summed E-state index contributed by atoms with van der Waals surface area (Å²) in [7, 11) is 0. The molecule has 5 nitrogen and oxygen atoms in total. The third-order valence-electron chi connectivity index (χ3n) is 3.32. The average Bonchev–Trinajstić information content (AvgIpc) is 2.14. The first kappa shape index (κ1) is 12.6. The maximum atomic E-state index is 12.0. The number of rotatable bonds is 2. The standard InChI is InChI=1S/C12H23N3O2/c1-12(2,3)17-11(16)15-9-6-10(15)8-14(7-9)5-4-13/h9-10H,4-8,13H2,1-3H3. The lowest BCUT2D eigenvalue weighted by Crippen LogP contribution is -2.70. The first-order chi connectivity index (χ1) is 7.90. The molecule has 3 heterocycles. The summed E-state index contributed by atoms with van der Waals surface area (Å²) in [5, 5.41) is 0. The molecule has 1 amide bonds.